The predicted molar refractivity (Wildman–Crippen MR) is 101 cm³/mol. The van der Waals surface area contributed by atoms with Crippen LogP contribution in [-0.4, -0.2) is 50.2 Å². The second-order valence-corrected chi connectivity index (χ2v) is 7.08. The van der Waals surface area contributed by atoms with Gasteiger partial charge in [0.05, 0.1) is 13.2 Å². The number of hydrogen-bond donors (Lipinski definition) is 1. The summed E-state index contributed by atoms with van der Waals surface area (Å²) in [5.74, 6) is 1.72. The lowest BCUT2D eigenvalue weighted by Crippen LogP contribution is -2.54. The Hall–Kier alpha value is -1.46. The normalized spacial score (nSPS) is 20.7. The van der Waals surface area contributed by atoms with Crippen LogP contribution < -0.4 is 14.8 Å². The van der Waals surface area contributed by atoms with E-state index in [4.69, 9.17) is 9.47 Å². The fraction of sp³-hybridized carbons (Fsp3) is 0.632. The average molecular weight is 369 g/mol. The summed E-state index contributed by atoms with van der Waals surface area (Å²) >= 11 is 0. The van der Waals surface area contributed by atoms with Crippen molar-refractivity contribution in [2.24, 2.45) is 5.41 Å². The van der Waals surface area contributed by atoms with Gasteiger partial charge in [0.25, 0.3) is 0 Å². The Morgan fingerprint density at radius 1 is 1.20 bits per heavy atom. The third-order valence-electron chi connectivity index (χ3n) is 5.44. The number of piperidine rings is 2. The van der Waals surface area contributed by atoms with E-state index in [-0.39, 0.29) is 24.4 Å². The first-order chi connectivity index (χ1) is 11.6. The standard InChI is InChI=1S/C19H28N2O3.ClH/c1-15(13-24-17-6-4-3-5-16(17)23-2)21-14-19(8-7-18(21)22)9-11-20-12-10-19;/h3-6,15,20H,7-14H2,1-2H3;1H. The third-order valence-corrected chi connectivity index (χ3v) is 5.44. The molecule has 1 spiro atoms. The second-order valence-electron chi connectivity index (χ2n) is 7.08. The summed E-state index contributed by atoms with van der Waals surface area (Å²) in [4.78, 5) is 14.5. The van der Waals surface area contributed by atoms with Crippen LogP contribution in [0.25, 0.3) is 0 Å². The zero-order valence-electron chi connectivity index (χ0n) is 15.1. The van der Waals surface area contributed by atoms with Crippen LogP contribution in [0.2, 0.25) is 0 Å². The van der Waals surface area contributed by atoms with Gasteiger partial charge in [-0.05, 0) is 56.8 Å². The first-order valence-electron chi connectivity index (χ1n) is 8.90. The van der Waals surface area contributed by atoms with Gasteiger partial charge in [0.2, 0.25) is 5.91 Å². The molecule has 2 heterocycles. The van der Waals surface area contributed by atoms with Crippen molar-refractivity contribution in [3.63, 3.8) is 0 Å². The minimum atomic E-state index is 0. The Morgan fingerprint density at radius 2 is 1.88 bits per heavy atom. The summed E-state index contributed by atoms with van der Waals surface area (Å²) in [6.45, 7) is 5.56. The van der Waals surface area contributed by atoms with E-state index in [9.17, 15) is 4.79 Å². The lowest BCUT2D eigenvalue weighted by molar-refractivity contribution is -0.141. The topological polar surface area (TPSA) is 50.8 Å². The Balaban J connectivity index is 0.00000225. The molecule has 1 atom stereocenters. The van der Waals surface area contributed by atoms with Crippen LogP contribution >= 0.6 is 12.4 Å². The van der Waals surface area contributed by atoms with E-state index in [1.807, 2.05) is 29.2 Å². The molecule has 0 bridgehead atoms. The van der Waals surface area contributed by atoms with Crippen molar-refractivity contribution in [3.05, 3.63) is 24.3 Å². The molecule has 5 nitrogen and oxygen atoms in total. The molecule has 140 valence electrons. The highest BCUT2D eigenvalue weighted by molar-refractivity contribution is 5.85. The predicted octanol–water partition coefficient (Wildman–Crippen LogP) is 2.88. The molecule has 3 rings (SSSR count). The molecule has 0 saturated carbocycles. The molecule has 1 N–H and O–H groups in total. The van der Waals surface area contributed by atoms with Crippen molar-refractivity contribution < 1.29 is 14.3 Å². The smallest absolute Gasteiger partial charge is 0.222 e. The van der Waals surface area contributed by atoms with Gasteiger partial charge in [-0.2, -0.15) is 0 Å². The number of likely N-dealkylation sites (tertiary alicyclic amines) is 1. The Kier molecular flexibility index (Phi) is 6.96. The van der Waals surface area contributed by atoms with Crippen LogP contribution in [-0.2, 0) is 4.79 Å². The van der Waals surface area contributed by atoms with E-state index in [1.54, 1.807) is 7.11 Å². The highest BCUT2D eigenvalue weighted by Crippen LogP contribution is 2.39. The number of rotatable bonds is 5. The summed E-state index contributed by atoms with van der Waals surface area (Å²) in [6, 6.07) is 7.70. The molecule has 25 heavy (non-hydrogen) atoms. The van der Waals surface area contributed by atoms with Crippen molar-refractivity contribution in [1.29, 1.82) is 0 Å². The third kappa shape index (κ3) is 4.59. The SMILES string of the molecule is COc1ccccc1OCC(C)N1CC2(CCNCC2)CCC1=O.Cl. The molecule has 0 aromatic heterocycles. The van der Waals surface area contributed by atoms with Crippen LogP contribution in [0, 0.1) is 5.41 Å². The largest absolute Gasteiger partial charge is 0.493 e. The highest BCUT2D eigenvalue weighted by Gasteiger charge is 2.40. The zero-order valence-corrected chi connectivity index (χ0v) is 15.9. The van der Waals surface area contributed by atoms with Gasteiger partial charge in [0, 0.05) is 13.0 Å². The van der Waals surface area contributed by atoms with Gasteiger partial charge >= 0.3 is 0 Å². The number of nitrogens with zero attached hydrogens (tertiary/aromatic N) is 1. The lowest BCUT2D eigenvalue weighted by atomic mass is 9.72. The van der Waals surface area contributed by atoms with Gasteiger partial charge in [-0.15, -0.1) is 12.4 Å². The van der Waals surface area contributed by atoms with E-state index in [2.05, 4.69) is 12.2 Å². The number of hydrogen-bond acceptors (Lipinski definition) is 4. The molecule has 6 heteroatoms. The fourth-order valence-corrected chi connectivity index (χ4v) is 3.85. The molecule has 0 radical (unpaired) electrons. The fourth-order valence-electron chi connectivity index (χ4n) is 3.85. The maximum atomic E-state index is 12.4. The van der Waals surface area contributed by atoms with E-state index in [0.29, 0.717) is 18.4 Å². The minimum absolute atomic E-state index is 0. The van der Waals surface area contributed by atoms with Gasteiger partial charge in [-0.3, -0.25) is 4.79 Å². The van der Waals surface area contributed by atoms with E-state index in [0.717, 1.165) is 50.4 Å². The van der Waals surface area contributed by atoms with E-state index in [1.165, 1.54) is 0 Å². The number of carbonyl (C=O) groups excluding carboxylic acids is 1. The Labute approximate surface area is 156 Å². The second kappa shape index (κ2) is 8.77. The number of para-hydroxylation sites is 2. The van der Waals surface area contributed by atoms with Gasteiger partial charge in [-0.1, -0.05) is 12.1 Å². The number of ether oxygens (including phenoxy) is 2. The van der Waals surface area contributed by atoms with Crippen molar-refractivity contribution in [1.82, 2.24) is 10.2 Å². The molecule has 2 fully saturated rings. The molecule has 2 aliphatic rings. The molecule has 2 aliphatic heterocycles. The summed E-state index contributed by atoms with van der Waals surface area (Å²) in [5, 5.41) is 3.43. The summed E-state index contributed by atoms with van der Waals surface area (Å²) in [5.41, 5.74) is 0.303. The van der Waals surface area contributed by atoms with Crippen molar-refractivity contribution >= 4 is 18.3 Å². The van der Waals surface area contributed by atoms with Crippen LogP contribution in [0.3, 0.4) is 0 Å². The molecule has 1 aromatic rings. The van der Waals surface area contributed by atoms with Crippen molar-refractivity contribution in [2.75, 3.05) is 33.4 Å². The number of halogens is 1. The van der Waals surface area contributed by atoms with Crippen molar-refractivity contribution in [3.8, 4) is 11.5 Å². The molecule has 1 aromatic carbocycles. The maximum Gasteiger partial charge on any atom is 0.222 e. The molecule has 1 amide bonds. The summed E-state index contributed by atoms with van der Waals surface area (Å²) < 4.78 is 11.3. The van der Waals surface area contributed by atoms with Gasteiger partial charge < -0.3 is 19.7 Å². The Bertz CT molecular complexity index is 576. The number of amides is 1. The van der Waals surface area contributed by atoms with E-state index < -0.39 is 0 Å². The van der Waals surface area contributed by atoms with Crippen LogP contribution in [0.5, 0.6) is 11.5 Å². The quantitative estimate of drug-likeness (QED) is 0.868. The van der Waals surface area contributed by atoms with Crippen molar-refractivity contribution in [2.45, 2.75) is 38.6 Å². The minimum Gasteiger partial charge on any atom is -0.493 e. The van der Waals surface area contributed by atoms with Crippen LogP contribution in [0.1, 0.15) is 32.6 Å². The van der Waals surface area contributed by atoms with E-state index >= 15 is 0 Å². The van der Waals surface area contributed by atoms with Crippen LogP contribution in [0.4, 0.5) is 0 Å². The maximum absolute atomic E-state index is 12.4. The van der Waals surface area contributed by atoms with Gasteiger partial charge in [-0.25, -0.2) is 0 Å². The first kappa shape index (κ1) is 19.9. The molecule has 1 unspecified atom stereocenters. The molecule has 0 aliphatic carbocycles. The first-order valence-corrected chi connectivity index (χ1v) is 8.90. The molecular formula is C19H29ClN2O3. The number of benzene rings is 1. The monoisotopic (exact) mass is 368 g/mol. The van der Waals surface area contributed by atoms with Crippen LogP contribution in [0.15, 0.2) is 24.3 Å². The van der Waals surface area contributed by atoms with Gasteiger partial charge in [0.15, 0.2) is 11.5 Å². The molecule has 2 saturated heterocycles. The average Bonchev–Trinajstić information content (AvgIpc) is 2.63. The number of methoxy groups -OCH3 is 1. The number of carbonyl (C=O) groups is 1. The van der Waals surface area contributed by atoms with Gasteiger partial charge in [0.1, 0.15) is 6.61 Å². The summed E-state index contributed by atoms with van der Waals surface area (Å²) in [7, 11) is 1.64. The zero-order chi connectivity index (χ0) is 17.0. The molecular weight excluding hydrogens is 340 g/mol. The number of nitrogens with one attached hydrogen (secondary N) is 1. The lowest BCUT2D eigenvalue weighted by Gasteiger charge is -2.47. The highest BCUT2D eigenvalue weighted by atomic mass is 35.5. The Morgan fingerprint density at radius 3 is 2.56 bits per heavy atom. The summed E-state index contributed by atoms with van der Waals surface area (Å²) in [6.07, 6.45) is 4.02.